The highest BCUT2D eigenvalue weighted by molar-refractivity contribution is 9.10. The Hall–Kier alpha value is -0.380. The Morgan fingerprint density at radius 3 is 2.69 bits per heavy atom. The van der Waals surface area contributed by atoms with Crippen LogP contribution in [0.4, 0.5) is 0 Å². The predicted octanol–water partition coefficient (Wildman–Crippen LogP) is 2.40. The number of nitrogens with two attached hydrogens (primary N) is 1. The second-order valence-electron chi connectivity index (χ2n) is 3.12. The van der Waals surface area contributed by atoms with E-state index >= 15 is 0 Å². The molecule has 0 radical (unpaired) electrons. The lowest BCUT2D eigenvalue weighted by molar-refractivity contribution is 0.181. The topological polar surface area (TPSA) is 35.2 Å². The van der Waals surface area contributed by atoms with Crippen LogP contribution in [0.2, 0.25) is 0 Å². The summed E-state index contributed by atoms with van der Waals surface area (Å²) in [5.74, 6) is 0. The van der Waals surface area contributed by atoms with Gasteiger partial charge in [-0.15, -0.1) is 0 Å². The fourth-order valence-corrected chi connectivity index (χ4v) is 1.88. The number of ether oxygens (including phenoxy) is 1. The monoisotopic (exact) mass is 243 g/mol. The summed E-state index contributed by atoms with van der Waals surface area (Å²) < 4.78 is 6.06. The maximum atomic E-state index is 5.90. The van der Waals surface area contributed by atoms with Crippen molar-refractivity contribution in [3.63, 3.8) is 0 Å². The van der Waals surface area contributed by atoms with Gasteiger partial charge < -0.3 is 10.5 Å². The van der Waals surface area contributed by atoms with Gasteiger partial charge in [-0.2, -0.15) is 0 Å². The van der Waals surface area contributed by atoms with Crippen LogP contribution in [-0.4, -0.2) is 13.7 Å². The molecule has 1 unspecified atom stereocenters. The first-order valence-corrected chi connectivity index (χ1v) is 4.94. The number of halogens is 1. The van der Waals surface area contributed by atoms with Gasteiger partial charge in [-0.1, -0.05) is 22.0 Å². The molecule has 0 aliphatic carbocycles. The van der Waals surface area contributed by atoms with Gasteiger partial charge in [0.05, 0.1) is 12.6 Å². The summed E-state index contributed by atoms with van der Waals surface area (Å²) in [4.78, 5) is 0. The Balaban J connectivity index is 2.87. The van der Waals surface area contributed by atoms with Crippen molar-refractivity contribution in [3.8, 4) is 0 Å². The van der Waals surface area contributed by atoms with Crippen LogP contribution < -0.4 is 5.73 Å². The lowest BCUT2D eigenvalue weighted by atomic mass is 10.1. The van der Waals surface area contributed by atoms with E-state index in [0.29, 0.717) is 6.61 Å². The second-order valence-corrected chi connectivity index (χ2v) is 4.04. The van der Waals surface area contributed by atoms with Gasteiger partial charge in [0.2, 0.25) is 0 Å². The highest BCUT2D eigenvalue weighted by Crippen LogP contribution is 2.19. The average molecular weight is 244 g/mol. The van der Waals surface area contributed by atoms with Crippen LogP contribution in [0.5, 0.6) is 0 Å². The minimum absolute atomic E-state index is 0.0406. The quantitative estimate of drug-likeness (QED) is 0.886. The Morgan fingerprint density at radius 1 is 1.46 bits per heavy atom. The summed E-state index contributed by atoms with van der Waals surface area (Å²) in [6.07, 6.45) is 0. The van der Waals surface area contributed by atoms with Crippen LogP contribution in [-0.2, 0) is 4.74 Å². The molecule has 1 aromatic rings. The van der Waals surface area contributed by atoms with Gasteiger partial charge in [-0.25, -0.2) is 0 Å². The van der Waals surface area contributed by atoms with Crippen molar-refractivity contribution in [2.45, 2.75) is 13.0 Å². The normalized spacial score (nSPS) is 12.9. The van der Waals surface area contributed by atoms with E-state index in [2.05, 4.69) is 28.1 Å². The molecule has 1 aromatic carbocycles. The third kappa shape index (κ3) is 3.10. The van der Waals surface area contributed by atoms with Crippen molar-refractivity contribution in [2.24, 2.45) is 5.73 Å². The van der Waals surface area contributed by atoms with Crippen molar-refractivity contribution in [1.82, 2.24) is 0 Å². The number of aryl methyl sites for hydroxylation is 1. The molecule has 72 valence electrons. The van der Waals surface area contributed by atoms with Crippen LogP contribution in [0.1, 0.15) is 17.2 Å². The molecule has 1 atom stereocenters. The molecule has 0 aromatic heterocycles. The SMILES string of the molecule is COCC(N)c1cc(C)cc(Br)c1. The fraction of sp³-hybridized carbons (Fsp3) is 0.400. The van der Waals surface area contributed by atoms with Gasteiger partial charge in [0, 0.05) is 11.6 Å². The Labute approximate surface area is 87.2 Å². The average Bonchev–Trinajstić information content (AvgIpc) is 2.03. The van der Waals surface area contributed by atoms with E-state index in [-0.39, 0.29) is 6.04 Å². The zero-order chi connectivity index (χ0) is 9.84. The standard InChI is InChI=1S/C10H14BrNO/c1-7-3-8(5-9(11)4-7)10(12)6-13-2/h3-5,10H,6,12H2,1-2H3. The minimum atomic E-state index is -0.0406. The molecule has 1 rings (SSSR count). The summed E-state index contributed by atoms with van der Waals surface area (Å²) in [5, 5.41) is 0. The van der Waals surface area contributed by atoms with E-state index in [9.17, 15) is 0 Å². The van der Waals surface area contributed by atoms with Crippen molar-refractivity contribution < 1.29 is 4.74 Å². The molecule has 3 heteroatoms. The number of benzene rings is 1. The first-order valence-electron chi connectivity index (χ1n) is 4.15. The van der Waals surface area contributed by atoms with Crippen molar-refractivity contribution in [2.75, 3.05) is 13.7 Å². The number of hydrogen-bond acceptors (Lipinski definition) is 2. The summed E-state index contributed by atoms with van der Waals surface area (Å²) in [7, 11) is 1.66. The predicted molar refractivity (Wildman–Crippen MR) is 57.7 cm³/mol. The Kier molecular flexibility index (Phi) is 3.90. The largest absolute Gasteiger partial charge is 0.383 e. The molecule has 0 fully saturated rings. The second kappa shape index (κ2) is 4.74. The van der Waals surface area contributed by atoms with Crippen molar-refractivity contribution in [1.29, 1.82) is 0 Å². The number of methoxy groups -OCH3 is 1. The van der Waals surface area contributed by atoms with Gasteiger partial charge in [0.25, 0.3) is 0 Å². The zero-order valence-electron chi connectivity index (χ0n) is 7.88. The van der Waals surface area contributed by atoms with E-state index < -0.39 is 0 Å². The zero-order valence-corrected chi connectivity index (χ0v) is 9.47. The molecular formula is C10H14BrNO. The lowest BCUT2D eigenvalue weighted by Crippen LogP contribution is -2.16. The van der Waals surface area contributed by atoms with Gasteiger partial charge in [0.1, 0.15) is 0 Å². The van der Waals surface area contributed by atoms with E-state index in [0.717, 1.165) is 10.0 Å². The van der Waals surface area contributed by atoms with Gasteiger partial charge in [-0.05, 0) is 30.2 Å². The maximum absolute atomic E-state index is 5.90. The summed E-state index contributed by atoms with van der Waals surface area (Å²) in [6.45, 7) is 2.60. The van der Waals surface area contributed by atoms with Crippen LogP contribution >= 0.6 is 15.9 Å². The van der Waals surface area contributed by atoms with Crippen LogP contribution in [0.15, 0.2) is 22.7 Å². The molecule has 0 aliphatic rings. The third-order valence-corrected chi connectivity index (χ3v) is 2.30. The highest BCUT2D eigenvalue weighted by atomic mass is 79.9. The van der Waals surface area contributed by atoms with E-state index in [4.69, 9.17) is 10.5 Å². The van der Waals surface area contributed by atoms with E-state index in [1.165, 1.54) is 5.56 Å². The first-order chi connectivity index (χ1) is 6.13. The molecule has 0 aliphatic heterocycles. The lowest BCUT2D eigenvalue weighted by Gasteiger charge is -2.11. The molecule has 0 heterocycles. The molecule has 2 N–H and O–H groups in total. The Bertz CT molecular complexity index is 268. The third-order valence-electron chi connectivity index (χ3n) is 1.84. The van der Waals surface area contributed by atoms with Gasteiger partial charge in [-0.3, -0.25) is 0 Å². The van der Waals surface area contributed by atoms with Crippen molar-refractivity contribution in [3.05, 3.63) is 33.8 Å². The molecule has 0 amide bonds. The molecule has 0 bridgehead atoms. The molecule has 0 saturated carbocycles. The van der Waals surface area contributed by atoms with Gasteiger partial charge in [0.15, 0.2) is 0 Å². The highest BCUT2D eigenvalue weighted by Gasteiger charge is 2.06. The van der Waals surface area contributed by atoms with Crippen LogP contribution in [0.3, 0.4) is 0 Å². The number of hydrogen-bond donors (Lipinski definition) is 1. The van der Waals surface area contributed by atoms with E-state index in [1.807, 2.05) is 13.0 Å². The molecule has 13 heavy (non-hydrogen) atoms. The summed E-state index contributed by atoms with van der Waals surface area (Å²) in [6, 6.07) is 6.12. The molecular weight excluding hydrogens is 230 g/mol. The molecule has 0 saturated heterocycles. The summed E-state index contributed by atoms with van der Waals surface area (Å²) >= 11 is 3.44. The first kappa shape index (κ1) is 10.7. The van der Waals surface area contributed by atoms with Crippen molar-refractivity contribution >= 4 is 15.9 Å². The van der Waals surface area contributed by atoms with Gasteiger partial charge >= 0.3 is 0 Å². The molecule has 0 spiro atoms. The maximum Gasteiger partial charge on any atom is 0.0655 e. The molecule has 2 nitrogen and oxygen atoms in total. The minimum Gasteiger partial charge on any atom is -0.383 e. The fourth-order valence-electron chi connectivity index (χ4n) is 1.25. The smallest absolute Gasteiger partial charge is 0.0655 e. The van der Waals surface area contributed by atoms with E-state index in [1.54, 1.807) is 7.11 Å². The number of rotatable bonds is 3. The van der Waals surface area contributed by atoms with Crippen LogP contribution in [0.25, 0.3) is 0 Å². The Morgan fingerprint density at radius 2 is 2.15 bits per heavy atom. The van der Waals surface area contributed by atoms with Crippen LogP contribution in [0, 0.1) is 6.92 Å². The summed E-state index contributed by atoms with van der Waals surface area (Å²) in [5.41, 5.74) is 8.21.